The molecule has 1 aromatic carbocycles. The van der Waals surface area contributed by atoms with E-state index in [9.17, 15) is 4.79 Å². The molecule has 0 saturated heterocycles. The van der Waals surface area contributed by atoms with Gasteiger partial charge in [0.2, 0.25) is 0 Å². The fourth-order valence-electron chi connectivity index (χ4n) is 1.61. The molecule has 0 aliphatic heterocycles. The molecule has 2 N–H and O–H groups in total. The third-order valence-electron chi connectivity index (χ3n) is 2.82. The number of rotatable bonds is 3. The molecule has 94 valence electrons. The zero-order valence-electron chi connectivity index (χ0n) is 11.0. The van der Waals surface area contributed by atoms with Crippen molar-refractivity contribution in [2.75, 3.05) is 7.11 Å². The van der Waals surface area contributed by atoms with E-state index in [0.717, 1.165) is 5.56 Å². The summed E-state index contributed by atoms with van der Waals surface area (Å²) in [5, 5.41) is 0. The molecule has 0 spiro atoms. The summed E-state index contributed by atoms with van der Waals surface area (Å²) in [4.78, 5) is 11.1. The topological polar surface area (TPSA) is 52.3 Å². The lowest BCUT2D eigenvalue weighted by Crippen LogP contribution is -2.17. The molecular formula is C14H21NO2. The number of ether oxygens (including phenoxy) is 1. The minimum absolute atomic E-state index is 0.130. The number of nitrogens with two attached hydrogens (primary N) is 1. The van der Waals surface area contributed by atoms with E-state index < -0.39 is 0 Å². The summed E-state index contributed by atoms with van der Waals surface area (Å²) >= 11 is 0. The van der Waals surface area contributed by atoms with Gasteiger partial charge in [-0.25, -0.2) is 0 Å². The van der Waals surface area contributed by atoms with Gasteiger partial charge in [-0.3, -0.25) is 4.79 Å². The Hall–Kier alpha value is -1.35. The molecule has 0 heterocycles. The Morgan fingerprint density at radius 3 is 2.24 bits per heavy atom. The van der Waals surface area contributed by atoms with Gasteiger partial charge in [0.05, 0.1) is 13.5 Å². The number of hydrogen-bond acceptors (Lipinski definition) is 3. The van der Waals surface area contributed by atoms with Gasteiger partial charge in [0.15, 0.2) is 0 Å². The van der Waals surface area contributed by atoms with Gasteiger partial charge in [0.25, 0.3) is 0 Å². The van der Waals surface area contributed by atoms with Crippen LogP contribution in [0.3, 0.4) is 0 Å². The Labute approximate surface area is 103 Å². The Morgan fingerprint density at radius 2 is 1.82 bits per heavy atom. The van der Waals surface area contributed by atoms with E-state index in [2.05, 4.69) is 37.6 Å². The Kier molecular flexibility index (Phi) is 4.29. The fraction of sp³-hybridized carbons (Fsp3) is 0.500. The summed E-state index contributed by atoms with van der Waals surface area (Å²) < 4.78 is 4.60. The van der Waals surface area contributed by atoms with E-state index in [1.54, 1.807) is 0 Å². The second-order valence-corrected chi connectivity index (χ2v) is 5.26. The van der Waals surface area contributed by atoms with Crippen LogP contribution >= 0.6 is 0 Å². The van der Waals surface area contributed by atoms with Gasteiger partial charge in [-0.05, 0) is 16.5 Å². The van der Waals surface area contributed by atoms with Gasteiger partial charge in [-0.2, -0.15) is 0 Å². The summed E-state index contributed by atoms with van der Waals surface area (Å²) in [5.41, 5.74) is 8.28. The second-order valence-electron chi connectivity index (χ2n) is 5.26. The van der Waals surface area contributed by atoms with Crippen LogP contribution in [-0.2, 0) is 14.9 Å². The molecule has 3 nitrogen and oxygen atoms in total. The Bertz CT molecular complexity index is 376. The van der Waals surface area contributed by atoms with E-state index in [-0.39, 0.29) is 23.8 Å². The number of benzene rings is 1. The van der Waals surface area contributed by atoms with Crippen molar-refractivity contribution < 1.29 is 9.53 Å². The minimum atomic E-state index is -0.295. The maximum absolute atomic E-state index is 11.1. The van der Waals surface area contributed by atoms with Crippen molar-refractivity contribution in [2.24, 2.45) is 5.73 Å². The first-order valence-corrected chi connectivity index (χ1v) is 5.77. The van der Waals surface area contributed by atoms with E-state index in [1.165, 1.54) is 12.7 Å². The maximum atomic E-state index is 11.1. The first kappa shape index (κ1) is 13.7. The first-order chi connectivity index (χ1) is 7.84. The first-order valence-electron chi connectivity index (χ1n) is 5.77. The van der Waals surface area contributed by atoms with Crippen LogP contribution in [0.5, 0.6) is 0 Å². The largest absolute Gasteiger partial charge is 0.469 e. The fourth-order valence-corrected chi connectivity index (χ4v) is 1.61. The smallest absolute Gasteiger partial charge is 0.307 e. The summed E-state index contributed by atoms with van der Waals surface area (Å²) in [5.74, 6) is -0.280. The Morgan fingerprint density at radius 1 is 1.29 bits per heavy atom. The van der Waals surface area contributed by atoms with Crippen molar-refractivity contribution in [1.29, 1.82) is 0 Å². The monoisotopic (exact) mass is 235 g/mol. The molecule has 3 heteroatoms. The molecule has 0 aromatic heterocycles. The van der Waals surface area contributed by atoms with Crippen molar-refractivity contribution >= 4 is 5.97 Å². The molecular weight excluding hydrogens is 214 g/mol. The third kappa shape index (κ3) is 3.86. The lowest BCUT2D eigenvalue weighted by Gasteiger charge is -2.20. The number of esters is 1. The number of methoxy groups -OCH3 is 1. The van der Waals surface area contributed by atoms with Crippen molar-refractivity contribution in [1.82, 2.24) is 0 Å². The average Bonchev–Trinajstić information content (AvgIpc) is 2.27. The molecule has 17 heavy (non-hydrogen) atoms. The highest BCUT2D eigenvalue weighted by molar-refractivity contribution is 5.70. The van der Waals surface area contributed by atoms with Gasteiger partial charge in [-0.15, -0.1) is 0 Å². The molecule has 1 atom stereocenters. The molecule has 0 fully saturated rings. The van der Waals surface area contributed by atoms with Crippen LogP contribution in [-0.4, -0.2) is 13.1 Å². The van der Waals surface area contributed by atoms with Crippen LogP contribution in [0.4, 0.5) is 0 Å². The minimum Gasteiger partial charge on any atom is -0.469 e. The van der Waals surface area contributed by atoms with Gasteiger partial charge >= 0.3 is 5.97 Å². The molecule has 1 rings (SSSR count). The maximum Gasteiger partial charge on any atom is 0.307 e. The summed E-state index contributed by atoms with van der Waals surface area (Å²) in [7, 11) is 1.37. The molecule has 0 radical (unpaired) electrons. The van der Waals surface area contributed by atoms with Gasteiger partial charge in [-0.1, -0.05) is 45.0 Å². The van der Waals surface area contributed by atoms with Crippen LogP contribution in [0.15, 0.2) is 24.3 Å². The van der Waals surface area contributed by atoms with Crippen molar-refractivity contribution in [2.45, 2.75) is 38.6 Å². The van der Waals surface area contributed by atoms with Gasteiger partial charge in [0.1, 0.15) is 0 Å². The Balaban J connectivity index is 2.77. The van der Waals surface area contributed by atoms with Crippen LogP contribution in [0.2, 0.25) is 0 Å². The lowest BCUT2D eigenvalue weighted by molar-refractivity contribution is -0.141. The van der Waals surface area contributed by atoms with E-state index >= 15 is 0 Å². The number of carbonyl (C=O) groups excluding carboxylic acids is 1. The van der Waals surface area contributed by atoms with Gasteiger partial charge < -0.3 is 10.5 Å². The quantitative estimate of drug-likeness (QED) is 0.819. The average molecular weight is 235 g/mol. The van der Waals surface area contributed by atoms with Crippen molar-refractivity contribution in [3.05, 3.63) is 35.4 Å². The SMILES string of the molecule is COC(=O)C[C@@H](N)c1ccc(C(C)(C)C)cc1. The van der Waals surface area contributed by atoms with E-state index in [4.69, 9.17) is 5.73 Å². The van der Waals surface area contributed by atoms with Crippen LogP contribution in [0.25, 0.3) is 0 Å². The van der Waals surface area contributed by atoms with E-state index in [0.29, 0.717) is 0 Å². The molecule has 0 saturated carbocycles. The molecule has 0 aliphatic carbocycles. The standard InChI is InChI=1S/C14H21NO2/c1-14(2,3)11-7-5-10(6-8-11)12(15)9-13(16)17-4/h5-8,12H,9,15H2,1-4H3/t12-/m1/s1. The van der Waals surface area contributed by atoms with Crippen molar-refractivity contribution in [3.63, 3.8) is 0 Å². The normalized spacial score (nSPS) is 13.2. The summed E-state index contributed by atoms with van der Waals surface area (Å²) in [6.45, 7) is 6.49. The zero-order valence-corrected chi connectivity index (χ0v) is 11.0. The summed E-state index contributed by atoms with van der Waals surface area (Å²) in [6.07, 6.45) is 0.214. The van der Waals surface area contributed by atoms with Crippen LogP contribution in [0, 0.1) is 0 Å². The molecule has 0 bridgehead atoms. The summed E-state index contributed by atoms with van der Waals surface area (Å²) in [6, 6.07) is 7.79. The highest BCUT2D eigenvalue weighted by Crippen LogP contribution is 2.24. The molecule has 0 aliphatic rings. The number of carbonyl (C=O) groups is 1. The van der Waals surface area contributed by atoms with E-state index in [1.807, 2.05) is 12.1 Å². The van der Waals surface area contributed by atoms with Crippen molar-refractivity contribution in [3.8, 4) is 0 Å². The van der Waals surface area contributed by atoms with Crippen LogP contribution < -0.4 is 5.73 Å². The van der Waals surface area contributed by atoms with Crippen LogP contribution in [0.1, 0.15) is 44.4 Å². The molecule has 0 unspecified atom stereocenters. The molecule has 1 aromatic rings. The highest BCUT2D eigenvalue weighted by atomic mass is 16.5. The lowest BCUT2D eigenvalue weighted by atomic mass is 9.86. The third-order valence-corrected chi connectivity index (χ3v) is 2.82. The predicted molar refractivity (Wildman–Crippen MR) is 68.7 cm³/mol. The molecule has 0 amide bonds. The highest BCUT2D eigenvalue weighted by Gasteiger charge is 2.15. The van der Waals surface area contributed by atoms with Gasteiger partial charge in [0, 0.05) is 6.04 Å². The second kappa shape index (κ2) is 5.32. The number of hydrogen-bond donors (Lipinski definition) is 1. The predicted octanol–water partition coefficient (Wildman–Crippen LogP) is 2.55. The zero-order chi connectivity index (χ0) is 13.1.